The molecule has 1 heterocycles. The van der Waals surface area contributed by atoms with Crippen molar-refractivity contribution < 1.29 is 24.1 Å². The Balaban J connectivity index is 2.26. The Bertz CT molecular complexity index is 489. The van der Waals surface area contributed by atoms with Crippen molar-refractivity contribution in [1.82, 2.24) is 5.32 Å². The first kappa shape index (κ1) is 14.5. The summed E-state index contributed by atoms with van der Waals surface area (Å²) in [5.41, 5.74) is 0.857. The van der Waals surface area contributed by atoms with E-state index < -0.39 is 12.1 Å². The molecule has 1 aromatic carbocycles. The fraction of sp³-hybridized carbons (Fsp3) is 0.500. The molecule has 1 aliphatic heterocycles. The number of aliphatic carboxylic acids is 1. The molecule has 0 bridgehead atoms. The Hall–Kier alpha value is -1.95. The van der Waals surface area contributed by atoms with Crippen LogP contribution < -0.4 is 19.5 Å². The number of hydrogen-bond acceptors (Lipinski definition) is 5. The lowest BCUT2D eigenvalue weighted by Crippen LogP contribution is -2.26. The molecule has 0 radical (unpaired) electrons. The van der Waals surface area contributed by atoms with Crippen molar-refractivity contribution in [3.05, 3.63) is 17.7 Å². The first-order chi connectivity index (χ1) is 9.65. The Morgan fingerprint density at radius 3 is 2.70 bits per heavy atom. The van der Waals surface area contributed by atoms with Gasteiger partial charge in [-0.05, 0) is 19.0 Å². The van der Waals surface area contributed by atoms with Crippen molar-refractivity contribution >= 4 is 5.97 Å². The SMILES string of the molecule is CCNCc1cc2c(cc1OC(CC)C(=O)O)OCO2. The highest BCUT2D eigenvalue weighted by Crippen LogP contribution is 2.38. The van der Waals surface area contributed by atoms with Gasteiger partial charge in [-0.2, -0.15) is 0 Å². The van der Waals surface area contributed by atoms with Crippen LogP contribution in [0, 0.1) is 0 Å². The third-order valence-corrected chi connectivity index (χ3v) is 3.04. The van der Waals surface area contributed by atoms with Gasteiger partial charge in [-0.3, -0.25) is 0 Å². The molecule has 1 aromatic rings. The summed E-state index contributed by atoms with van der Waals surface area (Å²) in [4.78, 5) is 11.1. The summed E-state index contributed by atoms with van der Waals surface area (Å²) in [6.07, 6.45) is -0.472. The van der Waals surface area contributed by atoms with E-state index in [0.717, 1.165) is 12.1 Å². The highest BCUT2D eigenvalue weighted by molar-refractivity contribution is 5.72. The molecule has 0 aliphatic carbocycles. The molecule has 1 aliphatic rings. The summed E-state index contributed by atoms with van der Waals surface area (Å²) >= 11 is 0. The van der Waals surface area contributed by atoms with E-state index in [1.807, 2.05) is 13.0 Å². The lowest BCUT2D eigenvalue weighted by atomic mass is 10.1. The molecule has 1 unspecified atom stereocenters. The van der Waals surface area contributed by atoms with Gasteiger partial charge in [-0.15, -0.1) is 0 Å². The fourth-order valence-electron chi connectivity index (χ4n) is 1.93. The number of hydrogen-bond donors (Lipinski definition) is 2. The van der Waals surface area contributed by atoms with E-state index >= 15 is 0 Å². The molecular weight excluding hydrogens is 262 g/mol. The van der Waals surface area contributed by atoms with Crippen molar-refractivity contribution in [3.63, 3.8) is 0 Å². The molecule has 0 amide bonds. The molecule has 0 spiro atoms. The normalized spacial score (nSPS) is 14.1. The summed E-state index contributed by atoms with van der Waals surface area (Å²) in [7, 11) is 0. The largest absolute Gasteiger partial charge is 0.479 e. The smallest absolute Gasteiger partial charge is 0.344 e. The van der Waals surface area contributed by atoms with Gasteiger partial charge in [0.25, 0.3) is 0 Å². The summed E-state index contributed by atoms with van der Waals surface area (Å²) < 4.78 is 16.2. The molecule has 1 atom stereocenters. The molecule has 0 aromatic heterocycles. The Kier molecular flexibility index (Phi) is 4.68. The van der Waals surface area contributed by atoms with Gasteiger partial charge in [0.15, 0.2) is 17.6 Å². The average molecular weight is 281 g/mol. The number of ether oxygens (including phenoxy) is 3. The molecule has 20 heavy (non-hydrogen) atoms. The van der Waals surface area contributed by atoms with Crippen LogP contribution in [0.1, 0.15) is 25.8 Å². The van der Waals surface area contributed by atoms with Crippen molar-refractivity contribution in [2.45, 2.75) is 32.9 Å². The van der Waals surface area contributed by atoms with Crippen molar-refractivity contribution in [1.29, 1.82) is 0 Å². The van der Waals surface area contributed by atoms with Crippen LogP contribution in [0.4, 0.5) is 0 Å². The Morgan fingerprint density at radius 2 is 2.10 bits per heavy atom. The zero-order valence-electron chi connectivity index (χ0n) is 11.6. The number of fused-ring (bicyclic) bond motifs is 1. The summed E-state index contributed by atoms with van der Waals surface area (Å²) in [5.74, 6) is 0.790. The first-order valence-electron chi connectivity index (χ1n) is 6.68. The number of carboxylic acid groups (broad SMARTS) is 1. The van der Waals surface area contributed by atoms with Crippen LogP contribution in [0.5, 0.6) is 17.2 Å². The molecule has 0 fully saturated rings. The first-order valence-corrected chi connectivity index (χ1v) is 6.68. The fourth-order valence-corrected chi connectivity index (χ4v) is 1.93. The topological polar surface area (TPSA) is 77.0 Å². The molecule has 2 rings (SSSR count). The van der Waals surface area contributed by atoms with E-state index in [1.54, 1.807) is 13.0 Å². The predicted octanol–water partition coefficient (Wildman–Crippen LogP) is 1.77. The monoisotopic (exact) mass is 281 g/mol. The predicted molar refractivity (Wildman–Crippen MR) is 72.3 cm³/mol. The standard InChI is InChI=1S/C14H19NO5/c1-3-10(14(16)17)20-11-6-13-12(18-8-19-13)5-9(11)7-15-4-2/h5-6,10,15H,3-4,7-8H2,1-2H3,(H,16,17). The van der Waals surface area contributed by atoms with Crippen LogP contribution >= 0.6 is 0 Å². The third-order valence-electron chi connectivity index (χ3n) is 3.04. The number of nitrogens with one attached hydrogen (secondary N) is 1. The van der Waals surface area contributed by atoms with Crippen LogP contribution in [-0.2, 0) is 11.3 Å². The Morgan fingerprint density at radius 1 is 1.40 bits per heavy atom. The van der Waals surface area contributed by atoms with Crippen LogP contribution in [0.25, 0.3) is 0 Å². The number of benzene rings is 1. The van der Waals surface area contributed by atoms with E-state index in [2.05, 4.69) is 5.32 Å². The van der Waals surface area contributed by atoms with Gasteiger partial charge in [0.2, 0.25) is 6.79 Å². The number of carboxylic acids is 1. The minimum absolute atomic E-state index is 0.176. The van der Waals surface area contributed by atoms with E-state index in [1.165, 1.54) is 0 Å². The molecule has 0 saturated carbocycles. The Labute approximate surface area is 117 Å². The lowest BCUT2D eigenvalue weighted by Gasteiger charge is -2.17. The van der Waals surface area contributed by atoms with Gasteiger partial charge < -0.3 is 24.6 Å². The maximum absolute atomic E-state index is 11.1. The second kappa shape index (κ2) is 6.47. The summed E-state index contributed by atoms with van der Waals surface area (Å²) in [6.45, 7) is 5.34. The number of carbonyl (C=O) groups is 1. The van der Waals surface area contributed by atoms with Gasteiger partial charge in [-0.1, -0.05) is 13.8 Å². The van der Waals surface area contributed by atoms with Gasteiger partial charge in [0, 0.05) is 18.2 Å². The van der Waals surface area contributed by atoms with Crippen LogP contribution in [0.3, 0.4) is 0 Å². The highest BCUT2D eigenvalue weighted by atomic mass is 16.7. The minimum Gasteiger partial charge on any atom is -0.479 e. The highest BCUT2D eigenvalue weighted by Gasteiger charge is 2.22. The molecule has 6 nitrogen and oxygen atoms in total. The summed E-state index contributed by atoms with van der Waals surface area (Å²) in [5, 5.41) is 12.3. The van der Waals surface area contributed by atoms with Gasteiger partial charge in [0.1, 0.15) is 5.75 Å². The number of rotatable bonds is 7. The van der Waals surface area contributed by atoms with E-state index in [9.17, 15) is 4.79 Å². The molecule has 6 heteroatoms. The van der Waals surface area contributed by atoms with Gasteiger partial charge in [-0.25, -0.2) is 4.79 Å². The quantitative estimate of drug-likeness (QED) is 0.793. The van der Waals surface area contributed by atoms with E-state index in [4.69, 9.17) is 19.3 Å². The minimum atomic E-state index is -0.973. The van der Waals surface area contributed by atoms with E-state index in [-0.39, 0.29) is 6.79 Å². The molecule has 2 N–H and O–H groups in total. The van der Waals surface area contributed by atoms with Crippen LogP contribution in [0.2, 0.25) is 0 Å². The van der Waals surface area contributed by atoms with Crippen LogP contribution in [0.15, 0.2) is 12.1 Å². The molecule has 110 valence electrons. The maximum Gasteiger partial charge on any atom is 0.344 e. The van der Waals surface area contributed by atoms with E-state index in [0.29, 0.717) is 30.2 Å². The summed E-state index contributed by atoms with van der Waals surface area (Å²) in [6, 6.07) is 3.52. The zero-order valence-corrected chi connectivity index (χ0v) is 11.6. The lowest BCUT2D eigenvalue weighted by molar-refractivity contribution is -0.145. The maximum atomic E-state index is 11.1. The van der Waals surface area contributed by atoms with Crippen molar-refractivity contribution in [3.8, 4) is 17.2 Å². The van der Waals surface area contributed by atoms with Crippen molar-refractivity contribution in [2.24, 2.45) is 0 Å². The second-order valence-electron chi connectivity index (χ2n) is 4.45. The van der Waals surface area contributed by atoms with Gasteiger partial charge >= 0.3 is 5.97 Å². The molecule has 0 saturated heterocycles. The third kappa shape index (κ3) is 3.14. The average Bonchev–Trinajstić information content (AvgIpc) is 2.88. The molecular formula is C14H19NO5. The van der Waals surface area contributed by atoms with Gasteiger partial charge in [0.05, 0.1) is 0 Å². The van der Waals surface area contributed by atoms with Crippen LogP contribution in [-0.4, -0.2) is 30.5 Å². The zero-order chi connectivity index (χ0) is 14.5. The van der Waals surface area contributed by atoms with Crippen molar-refractivity contribution in [2.75, 3.05) is 13.3 Å². The second-order valence-corrected chi connectivity index (χ2v) is 4.45.